The summed E-state index contributed by atoms with van der Waals surface area (Å²) >= 11 is 0. The molecule has 0 aromatic heterocycles. The van der Waals surface area contributed by atoms with E-state index >= 15 is 0 Å². The summed E-state index contributed by atoms with van der Waals surface area (Å²) in [5, 5.41) is 0. The van der Waals surface area contributed by atoms with Gasteiger partial charge >= 0.3 is 59.1 Å². The van der Waals surface area contributed by atoms with Gasteiger partial charge in [-0.3, -0.25) is 0 Å². The third-order valence-electron chi connectivity index (χ3n) is 0.830. The summed E-state index contributed by atoms with van der Waals surface area (Å²) in [5.41, 5.74) is 0. The Morgan fingerprint density at radius 1 is 1.50 bits per heavy atom. The monoisotopic (exact) mass is 182 g/mol. The molecule has 1 saturated heterocycles. The van der Waals surface area contributed by atoms with Crippen LogP contribution in [0.1, 0.15) is 0 Å². The molecule has 4 nitrogen and oxygen atoms in total. The van der Waals surface area contributed by atoms with Gasteiger partial charge in [0.25, 0.3) is 0 Å². The first-order valence-electron chi connectivity index (χ1n) is 2.20. The molecule has 0 saturated carbocycles. The number of rotatable bonds is 2. The van der Waals surface area contributed by atoms with Crippen LogP contribution in [-0.4, -0.2) is 18.9 Å². The van der Waals surface area contributed by atoms with E-state index in [-0.39, 0.29) is 71.4 Å². The molecule has 0 aliphatic carbocycles. The topological polar surface area (TPSA) is 75.7 Å². The average Bonchev–Trinajstić information content (AvgIpc) is 2.12. The standard InChI is InChI=1S/C3H7O4P.2Na/c4-8(5,6)2-3-1-7-3;;/h3H,1-2H2,(H2,4,5,6);;/q;2*+1/p-2. The molecule has 0 aromatic rings. The van der Waals surface area contributed by atoms with E-state index in [1.165, 1.54) is 0 Å². The molecule has 1 fully saturated rings. The molecule has 0 spiro atoms. The largest absolute Gasteiger partial charge is 1.00 e. The van der Waals surface area contributed by atoms with E-state index in [1.807, 2.05) is 0 Å². The van der Waals surface area contributed by atoms with Gasteiger partial charge in [0.05, 0.1) is 12.7 Å². The van der Waals surface area contributed by atoms with Gasteiger partial charge in [0.1, 0.15) is 0 Å². The second-order valence-electron chi connectivity index (χ2n) is 1.75. The van der Waals surface area contributed by atoms with E-state index in [2.05, 4.69) is 4.74 Å². The normalized spacial score (nSPS) is 22.4. The molecule has 0 N–H and O–H groups in total. The van der Waals surface area contributed by atoms with E-state index in [0.29, 0.717) is 6.61 Å². The second-order valence-corrected chi connectivity index (χ2v) is 3.34. The summed E-state index contributed by atoms with van der Waals surface area (Å²) in [4.78, 5) is 19.7. The van der Waals surface area contributed by atoms with Crippen LogP contribution in [0.2, 0.25) is 0 Å². The predicted molar refractivity (Wildman–Crippen MR) is 22.2 cm³/mol. The van der Waals surface area contributed by atoms with Crippen molar-refractivity contribution in [1.29, 1.82) is 0 Å². The van der Waals surface area contributed by atoms with Crippen molar-refractivity contribution in [3.63, 3.8) is 0 Å². The van der Waals surface area contributed by atoms with Gasteiger partial charge in [0.15, 0.2) is 0 Å². The van der Waals surface area contributed by atoms with E-state index in [4.69, 9.17) is 0 Å². The maximum atomic E-state index is 9.87. The molecule has 1 atom stereocenters. The SMILES string of the molecule is O=P([O-])([O-])CC1CO1.[Na+].[Na+]. The number of ether oxygens (including phenoxy) is 1. The third kappa shape index (κ3) is 8.21. The molecule has 1 heterocycles. The smallest absolute Gasteiger partial charge is 0.811 e. The van der Waals surface area contributed by atoms with Crippen molar-refractivity contribution < 1.29 is 78.2 Å². The number of hydrogen-bond donors (Lipinski definition) is 0. The molecule has 1 rings (SSSR count). The predicted octanol–water partition coefficient (Wildman–Crippen LogP) is -7.69. The molecular formula is C3H5Na2O4P. The molecule has 10 heavy (non-hydrogen) atoms. The van der Waals surface area contributed by atoms with Crippen LogP contribution in [0.5, 0.6) is 0 Å². The van der Waals surface area contributed by atoms with Gasteiger partial charge in [-0.2, -0.15) is 0 Å². The Morgan fingerprint density at radius 3 is 2.00 bits per heavy atom. The van der Waals surface area contributed by atoms with Gasteiger partial charge in [-0.15, -0.1) is 0 Å². The molecule has 0 radical (unpaired) electrons. The number of hydrogen-bond acceptors (Lipinski definition) is 4. The van der Waals surface area contributed by atoms with Gasteiger partial charge in [-0.25, -0.2) is 0 Å². The van der Waals surface area contributed by atoms with Crippen molar-refractivity contribution in [2.24, 2.45) is 0 Å². The van der Waals surface area contributed by atoms with E-state index in [0.717, 1.165) is 0 Å². The van der Waals surface area contributed by atoms with E-state index in [9.17, 15) is 14.4 Å². The fourth-order valence-corrected chi connectivity index (χ4v) is 1.13. The Balaban J connectivity index is 0. The maximum absolute atomic E-state index is 9.87. The van der Waals surface area contributed by atoms with Gasteiger partial charge in [-0.05, 0) is 0 Å². The Morgan fingerprint density at radius 2 is 1.90 bits per heavy atom. The van der Waals surface area contributed by atoms with Crippen LogP contribution in [0.25, 0.3) is 0 Å². The van der Waals surface area contributed by atoms with Crippen molar-refractivity contribution >= 4 is 7.60 Å². The van der Waals surface area contributed by atoms with Crippen molar-refractivity contribution in [3.8, 4) is 0 Å². The molecule has 1 aliphatic rings. The van der Waals surface area contributed by atoms with Gasteiger partial charge in [0, 0.05) is 6.16 Å². The van der Waals surface area contributed by atoms with Crippen molar-refractivity contribution in [1.82, 2.24) is 0 Å². The molecule has 1 aliphatic heterocycles. The van der Waals surface area contributed by atoms with Gasteiger partial charge in [0.2, 0.25) is 0 Å². The third-order valence-corrected chi connectivity index (χ3v) is 1.68. The van der Waals surface area contributed by atoms with Crippen LogP contribution in [0.4, 0.5) is 0 Å². The summed E-state index contributed by atoms with van der Waals surface area (Å²) in [6.07, 6.45) is -0.636. The first-order valence-corrected chi connectivity index (χ1v) is 3.93. The zero-order valence-electron chi connectivity index (χ0n) is 6.07. The summed E-state index contributed by atoms with van der Waals surface area (Å²) < 4.78 is 14.4. The molecule has 1 unspecified atom stereocenters. The van der Waals surface area contributed by atoms with Gasteiger partial charge in [-0.1, -0.05) is 7.60 Å². The summed E-state index contributed by atoms with van der Waals surface area (Å²) in [6.45, 7) is 0.425. The summed E-state index contributed by atoms with van der Waals surface area (Å²) in [5.74, 6) is 0. The fraction of sp³-hybridized carbons (Fsp3) is 1.00. The molecule has 0 amide bonds. The van der Waals surface area contributed by atoms with Gasteiger partial charge < -0.3 is 19.1 Å². The molecular weight excluding hydrogens is 177 g/mol. The van der Waals surface area contributed by atoms with Crippen molar-refractivity contribution in [2.45, 2.75) is 6.10 Å². The minimum atomic E-state index is -4.28. The van der Waals surface area contributed by atoms with Crippen LogP contribution in [0.15, 0.2) is 0 Å². The zero-order valence-corrected chi connectivity index (χ0v) is 11.0. The van der Waals surface area contributed by atoms with E-state index in [1.54, 1.807) is 0 Å². The molecule has 0 aromatic carbocycles. The Labute approximate surface area is 103 Å². The average molecular weight is 182 g/mol. The first kappa shape index (κ1) is 14.6. The minimum Gasteiger partial charge on any atom is -0.811 e. The first-order chi connectivity index (χ1) is 3.58. The Hall–Kier alpha value is 2.11. The second kappa shape index (κ2) is 5.70. The zero-order chi connectivity index (χ0) is 6.20. The summed E-state index contributed by atoms with van der Waals surface area (Å²) in [6, 6.07) is 0. The summed E-state index contributed by atoms with van der Waals surface area (Å²) in [7, 11) is -4.28. The van der Waals surface area contributed by atoms with E-state index < -0.39 is 7.60 Å². The Bertz CT molecular complexity index is 130. The Kier molecular flexibility index (Phi) is 8.34. The minimum absolute atomic E-state index is 0. The maximum Gasteiger partial charge on any atom is 1.00 e. The van der Waals surface area contributed by atoms with Crippen LogP contribution in [0.3, 0.4) is 0 Å². The van der Waals surface area contributed by atoms with Crippen LogP contribution in [0, 0.1) is 0 Å². The van der Waals surface area contributed by atoms with Crippen LogP contribution < -0.4 is 68.9 Å². The molecule has 0 bridgehead atoms. The van der Waals surface area contributed by atoms with Crippen molar-refractivity contribution in [2.75, 3.05) is 12.8 Å². The quantitative estimate of drug-likeness (QED) is 0.241. The van der Waals surface area contributed by atoms with Crippen LogP contribution >= 0.6 is 7.60 Å². The fourth-order valence-electron chi connectivity index (χ4n) is 0.423. The van der Waals surface area contributed by atoms with Crippen molar-refractivity contribution in [3.05, 3.63) is 0 Å². The molecule has 48 valence electrons. The number of epoxide rings is 1. The molecule has 7 heteroatoms. The van der Waals surface area contributed by atoms with Crippen LogP contribution in [-0.2, 0) is 9.30 Å².